The Morgan fingerprint density at radius 1 is 1.31 bits per heavy atom. The lowest BCUT2D eigenvalue weighted by Gasteiger charge is -2.11. The molecule has 84 valence electrons. The van der Waals surface area contributed by atoms with Gasteiger partial charge >= 0.3 is 0 Å². The zero-order valence-corrected chi connectivity index (χ0v) is 9.90. The highest BCUT2D eigenvalue weighted by Crippen LogP contribution is 2.21. The number of ketones is 1. The molecular formula is C13H16N2O. The van der Waals surface area contributed by atoms with Gasteiger partial charge in [0.2, 0.25) is 0 Å². The third-order valence-corrected chi connectivity index (χ3v) is 2.60. The fourth-order valence-corrected chi connectivity index (χ4v) is 1.95. The summed E-state index contributed by atoms with van der Waals surface area (Å²) in [5, 5.41) is 1.04. The number of fused-ring (bicyclic) bond motifs is 1. The minimum Gasteiger partial charge on any atom is -0.333 e. The predicted molar refractivity (Wildman–Crippen MR) is 65.6 cm³/mol. The summed E-state index contributed by atoms with van der Waals surface area (Å²) >= 11 is 0. The monoisotopic (exact) mass is 216 g/mol. The molecule has 0 aliphatic carbocycles. The van der Waals surface area contributed by atoms with E-state index in [1.165, 1.54) is 0 Å². The Morgan fingerprint density at radius 3 is 2.62 bits per heavy atom. The summed E-state index contributed by atoms with van der Waals surface area (Å²) < 4.78 is 2.10. The topological polar surface area (TPSA) is 25.2 Å². The smallest absolute Gasteiger partial charge is 0.161 e. The lowest BCUT2D eigenvalue weighted by molar-refractivity contribution is 0.101. The van der Waals surface area contributed by atoms with Gasteiger partial charge in [-0.3, -0.25) is 9.69 Å². The molecule has 3 heteroatoms. The number of benzene rings is 1. The number of carbonyl (C=O) groups is 1. The summed E-state index contributed by atoms with van der Waals surface area (Å²) in [5.41, 5.74) is 1.92. The van der Waals surface area contributed by atoms with Crippen molar-refractivity contribution >= 4 is 16.7 Å². The van der Waals surface area contributed by atoms with Crippen molar-refractivity contribution < 1.29 is 4.79 Å². The average Bonchev–Trinajstić information content (AvgIpc) is 2.57. The summed E-state index contributed by atoms with van der Waals surface area (Å²) in [7, 11) is 4.03. The van der Waals surface area contributed by atoms with Crippen molar-refractivity contribution in [1.82, 2.24) is 9.47 Å². The van der Waals surface area contributed by atoms with Crippen LogP contribution in [-0.4, -0.2) is 29.3 Å². The van der Waals surface area contributed by atoms with Gasteiger partial charge in [-0.15, -0.1) is 0 Å². The van der Waals surface area contributed by atoms with Gasteiger partial charge in [0.1, 0.15) is 0 Å². The van der Waals surface area contributed by atoms with Gasteiger partial charge in [0, 0.05) is 22.7 Å². The standard InChI is InChI=1S/C13H16N2O/c1-10(16)12-8-15(9-14(2)3)13-7-5-4-6-11(12)13/h4-8H,9H2,1-3H3. The molecule has 0 saturated carbocycles. The van der Waals surface area contributed by atoms with E-state index in [0.29, 0.717) is 0 Å². The number of aromatic nitrogens is 1. The Labute approximate surface area is 95.3 Å². The number of nitrogens with zero attached hydrogens (tertiary/aromatic N) is 2. The van der Waals surface area contributed by atoms with E-state index in [9.17, 15) is 4.79 Å². The fourth-order valence-electron chi connectivity index (χ4n) is 1.95. The van der Waals surface area contributed by atoms with E-state index in [1.54, 1.807) is 6.92 Å². The van der Waals surface area contributed by atoms with Gasteiger partial charge in [0.25, 0.3) is 0 Å². The van der Waals surface area contributed by atoms with Crippen LogP contribution in [0.1, 0.15) is 17.3 Å². The van der Waals surface area contributed by atoms with Gasteiger partial charge in [-0.1, -0.05) is 18.2 Å². The zero-order chi connectivity index (χ0) is 11.7. The number of Topliss-reactive ketones (excluding diaryl/α,β-unsaturated/α-hetero) is 1. The van der Waals surface area contributed by atoms with E-state index >= 15 is 0 Å². The molecule has 0 aliphatic heterocycles. The highest BCUT2D eigenvalue weighted by Gasteiger charge is 2.11. The summed E-state index contributed by atoms with van der Waals surface area (Å²) in [5.74, 6) is 0.119. The number of carbonyl (C=O) groups excluding carboxylic acids is 1. The lowest BCUT2D eigenvalue weighted by atomic mass is 10.1. The first kappa shape index (κ1) is 10.9. The molecule has 0 atom stereocenters. The minimum absolute atomic E-state index is 0.119. The van der Waals surface area contributed by atoms with Crippen LogP contribution in [0.3, 0.4) is 0 Å². The van der Waals surface area contributed by atoms with Crippen LogP contribution in [0.25, 0.3) is 10.9 Å². The fraction of sp³-hybridized carbons (Fsp3) is 0.308. The van der Waals surface area contributed by atoms with Crippen LogP contribution in [0.4, 0.5) is 0 Å². The summed E-state index contributed by atoms with van der Waals surface area (Å²) in [4.78, 5) is 13.6. The molecule has 1 aromatic heterocycles. The Balaban J connectivity index is 2.62. The zero-order valence-electron chi connectivity index (χ0n) is 9.90. The van der Waals surface area contributed by atoms with Crippen LogP contribution in [0, 0.1) is 0 Å². The molecule has 0 unspecified atom stereocenters. The first-order valence-electron chi connectivity index (χ1n) is 5.33. The molecule has 1 heterocycles. The molecule has 2 rings (SSSR count). The second-order valence-electron chi connectivity index (χ2n) is 4.31. The normalized spacial score (nSPS) is 11.2. The van der Waals surface area contributed by atoms with Crippen molar-refractivity contribution in [3.05, 3.63) is 36.0 Å². The number of rotatable bonds is 3. The van der Waals surface area contributed by atoms with Crippen molar-refractivity contribution in [2.45, 2.75) is 13.6 Å². The summed E-state index contributed by atoms with van der Waals surface area (Å²) in [6.45, 7) is 2.40. The maximum absolute atomic E-state index is 11.5. The van der Waals surface area contributed by atoms with Crippen molar-refractivity contribution in [3.63, 3.8) is 0 Å². The maximum Gasteiger partial charge on any atom is 0.161 e. The lowest BCUT2D eigenvalue weighted by Crippen LogP contribution is -2.15. The molecule has 0 amide bonds. The Hall–Kier alpha value is -1.61. The van der Waals surface area contributed by atoms with E-state index in [4.69, 9.17) is 0 Å². The average molecular weight is 216 g/mol. The molecule has 0 spiro atoms. The highest BCUT2D eigenvalue weighted by atomic mass is 16.1. The number of para-hydroxylation sites is 1. The van der Waals surface area contributed by atoms with Crippen molar-refractivity contribution in [2.75, 3.05) is 14.1 Å². The van der Waals surface area contributed by atoms with Crippen LogP contribution in [-0.2, 0) is 6.67 Å². The van der Waals surface area contributed by atoms with Crippen molar-refractivity contribution in [1.29, 1.82) is 0 Å². The maximum atomic E-state index is 11.5. The second kappa shape index (κ2) is 4.10. The van der Waals surface area contributed by atoms with E-state index in [1.807, 2.05) is 44.6 Å². The SMILES string of the molecule is CC(=O)c1cn(CN(C)C)c2ccccc12. The van der Waals surface area contributed by atoms with Gasteiger partial charge in [-0.25, -0.2) is 0 Å². The Bertz CT molecular complexity index is 526. The van der Waals surface area contributed by atoms with Gasteiger partial charge in [0.05, 0.1) is 6.67 Å². The third kappa shape index (κ3) is 1.86. The number of hydrogen-bond acceptors (Lipinski definition) is 2. The molecule has 0 aliphatic rings. The summed E-state index contributed by atoms with van der Waals surface area (Å²) in [6, 6.07) is 8.01. The van der Waals surface area contributed by atoms with E-state index in [0.717, 1.165) is 23.1 Å². The molecule has 0 fully saturated rings. The van der Waals surface area contributed by atoms with Crippen LogP contribution in [0.2, 0.25) is 0 Å². The molecule has 1 aromatic carbocycles. The van der Waals surface area contributed by atoms with Gasteiger partial charge < -0.3 is 4.57 Å². The first-order chi connectivity index (χ1) is 7.59. The van der Waals surface area contributed by atoms with Crippen LogP contribution in [0.15, 0.2) is 30.5 Å². The van der Waals surface area contributed by atoms with Crippen LogP contribution >= 0.6 is 0 Å². The van der Waals surface area contributed by atoms with Crippen LogP contribution in [0.5, 0.6) is 0 Å². The molecule has 0 radical (unpaired) electrons. The largest absolute Gasteiger partial charge is 0.333 e. The molecule has 3 nitrogen and oxygen atoms in total. The molecule has 2 aromatic rings. The van der Waals surface area contributed by atoms with E-state index in [2.05, 4.69) is 9.47 Å². The highest BCUT2D eigenvalue weighted by molar-refractivity contribution is 6.06. The Morgan fingerprint density at radius 2 is 2.00 bits per heavy atom. The van der Waals surface area contributed by atoms with Gasteiger partial charge in [-0.2, -0.15) is 0 Å². The number of hydrogen-bond donors (Lipinski definition) is 0. The van der Waals surface area contributed by atoms with Crippen molar-refractivity contribution in [3.8, 4) is 0 Å². The molecule has 0 saturated heterocycles. The van der Waals surface area contributed by atoms with Gasteiger partial charge in [0.15, 0.2) is 5.78 Å². The predicted octanol–water partition coefficient (Wildman–Crippen LogP) is 2.36. The summed E-state index contributed by atoms with van der Waals surface area (Å²) in [6.07, 6.45) is 1.94. The molecular weight excluding hydrogens is 200 g/mol. The molecule has 0 bridgehead atoms. The van der Waals surface area contributed by atoms with E-state index < -0.39 is 0 Å². The van der Waals surface area contributed by atoms with Crippen LogP contribution < -0.4 is 0 Å². The quantitative estimate of drug-likeness (QED) is 0.736. The van der Waals surface area contributed by atoms with Crippen molar-refractivity contribution in [2.24, 2.45) is 0 Å². The van der Waals surface area contributed by atoms with Gasteiger partial charge in [-0.05, 0) is 27.1 Å². The Kier molecular flexibility index (Phi) is 2.79. The van der Waals surface area contributed by atoms with E-state index in [-0.39, 0.29) is 5.78 Å². The first-order valence-corrected chi connectivity index (χ1v) is 5.33. The molecule has 0 N–H and O–H groups in total. The molecule has 16 heavy (non-hydrogen) atoms. The second-order valence-corrected chi connectivity index (χ2v) is 4.31. The third-order valence-electron chi connectivity index (χ3n) is 2.60. The minimum atomic E-state index is 0.119.